The lowest BCUT2D eigenvalue weighted by molar-refractivity contribution is 0.0600. The van der Waals surface area contributed by atoms with Gasteiger partial charge in [-0.25, -0.2) is 4.79 Å². The number of rotatable bonds is 7. The van der Waals surface area contributed by atoms with E-state index in [0.717, 1.165) is 12.8 Å². The number of benzene rings is 1. The Kier molecular flexibility index (Phi) is 6.77. The summed E-state index contributed by atoms with van der Waals surface area (Å²) in [6.07, 6.45) is 5.01. The Labute approximate surface area is 151 Å². The number of hydrogen-bond donors (Lipinski definition) is 2. The highest BCUT2D eigenvalue weighted by atomic mass is 35.5. The highest BCUT2D eigenvalue weighted by molar-refractivity contribution is 6.33. The number of ether oxygens (including phenoxy) is 1. The zero-order valence-corrected chi connectivity index (χ0v) is 14.9. The molecule has 1 heterocycles. The van der Waals surface area contributed by atoms with Crippen LogP contribution < -0.4 is 10.6 Å². The van der Waals surface area contributed by atoms with Crippen LogP contribution in [-0.4, -0.2) is 30.5 Å². The number of carbonyl (C=O) groups excluding carboxylic acids is 2. The molecule has 0 saturated heterocycles. The van der Waals surface area contributed by atoms with Crippen molar-refractivity contribution in [1.82, 2.24) is 10.3 Å². The largest absolute Gasteiger partial charge is 0.465 e. The summed E-state index contributed by atoms with van der Waals surface area (Å²) in [6, 6.07) is 6.44. The van der Waals surface area contributed by atoms with Gasteiger partial charge in [-0.2, -0.15) is 0 Å². The molecule has 0 atom stereocenters. The Morgan fingerprint density at radius 1 is 1.20 bits per heavy atom. The number of nitrogens with zero attached hydrogens (tertiary/aromatic N) is 1. The first-order valence-electron chi connectivity index (χ1n) is 7.93. The SMILES string of the molecule is CCCCNC(=O)c1cncc(Nc2cc(C(=O)OC)ccc2Cl)c1. The number of aromatic nitrogens is 1. The van der Waals surface area contributed by atoms with Gasteiger partial charge in [-0.15, -0.1) is 0 Å². The van der Waals surface area contributed by atoms with Gasteiger partial charge in [-0.1, -0.05) is 24.9 Å². The van der Waals surface area contributed by atoms with Crippen LogP contribution in [0.2, 0.25) is 5.02 Å². The van der Waals surface area contributed by atoms with Gasteiger partial charge in [-0.3, -0.25) is 9.78 Å². The number of esters is 1. The molecule has 2 aromatic rings. The van der Waals surface area contributed by atoms with Crippen LogP contribution in [0.4, 0.5) is 11.4 Å². The molecule has 7 heteroatoms. The summed E-state index contributed by atoms with van der Waals surface area (Å²) < 4.78 is 4.70. The predicted octanol–water partition coefficient (Wildman–Crippen LogP) is 3.80. The topological polar surface area (TPSA) is 80.3 Å². The van der Waals surface area contributed by atoms with E-state index >= 15 is 0 Å². The van der Waals surface area contributed by atoms with E-state index in [-0.39, 0.29) is 5.91 Å². The van der Waals surface area contributed by atoms with Crippen LogP contribution in [0, 0.1) is 0 Å². The number of halogens is 1. The lowest BCUT2D eigenvalue weighted by Crippen LogP contribution is -2.24. The molecule has 0 spiro atoms. The van der Waals surface area contributed by atoms with Gasteiger partial charge >= 0.3 is 5.97 Å². The van der Waals surface area contributed by atoms with Crippen molar-refractivity contribution in [2.75, 3.05) is 19.0 Å². The summed E-state index contributed by atoms with van der Waals surface area (Å²) in [4.78, 5) is 27.8. The smallest absolute Gasteiger partial charge is 0.337 e. The molecule has 0 aliphatic heterocycles. The van der Waals surface area contributed by atoms with Crippen molar-refractivity contribution in [2.45, 2.75) is 19.8 Å². The molecule has 1 aromatic carbocycles. The molecule has 0 aliphatic carbocycles. The summed E-state index contributed by atoms with van der Waals surface area (Å²) in [5.74, 6) is -0.638. The number of hydrogen-bond acceptors (Lipinski definition) is 5. The quantitative estimate of drug-likeness (QED) is 0.579. The molecule has 2 N–H and O–H groups in total. The fourth-order valence-corrected chi connectivity index (χ4v) is 2.30. The van der Waals surface area contributed by atoms with Crippen LogP contribution in [0.15, 0.2) is 36.7 Å². The summed E-state index contributed by atoms with van der Waals surface area (Å²) in [5.41, 5.74) is 1.93. The molecule has 1 aromatic heterocycles. The van der Waals surface area contributed by atoms with Crippen LogP contribution in [0.5, 0.6) is 0 Å². The third-order valence-corrected chi connectivity index (χ3v) is 3.81. The third-order valence-electron chi connectivity index (χ3n) is 3.48. The van der Waals surface area contributed by atoms with E-state index in [2.05, 4.69) is 22.5 Å². The van der Waals surface area contributed by atoms with Crippen molar-refractivity contribution in [3.8, 4) is 0 Å². The van der Waals surface area contributed by atoms with E-state index in [1.165, 1.54) is 13.3 Å². The molecule has 0 unspecified atom stereocenters. The first-order valence-corrected chi connectivity index (χ1v) is 8.31. The molecule has 2 rings (SSSR count). The van der Waals surface area contributed by atoms with Crippen molar-refractivity contribution in [3.05, 3.63) is 52.8 Å². The third kappa shape index (κ3) is 5.19. The van der Waals surface area contributed by atoms with Crippen LogP contribution >= 0.6 is 11.6 Å². The van der Waals surface area contributed by atoms with E-state index in [0.29, 0.717) is 34.1 Å². The summed E-state index contributed by atoms with van der Waals surface area (Å²) >= 11 is 6.17. The van der Waals surface area contributed by atoms with E-state index in [1.807, 2.05) is 0 Å². The van der Waals surface area contributed by atoms with Crippen molar-refractivity contribution in [1.29, 1.82) is 0 Å². The molecule has 6 nitrogen and oxygen atoms in total. The normalized spacial score (nSPS) is 10.2. The number of unbranched alkanes of at least 4 members (excludes halogenated alkanes) is 1. The second kappa shape index (κ2) is 9.03. The van der Waals surface area contributed by atoms with E-state index in [9.17, 15) is 9.59 Å². The first kappa shape index (κ1) is 18.7. The minimum Gasteiger partial charge on any atom is -0.465 e. The maximum Gasteiger partial charge on any atom is 0.337 e. The molecule has 25 heavy (non-hydrogen) atoms. The number of amides is 1. The number of carbonyl (C=O) groups is 2. The molecular formula is C18H20ClN3O3. The maximum absolute atomic E-state index is 12.1. The lowest BCUT2D eigenvalue weighted by Gasteiger charge is -2.11. The Morgan fingerprint density at radius 2 is 2.00 bits per heavy atom. The highest BCUT2D eigenvalue weighted by Gasteiger charge is 2.11. The summed E-state index contributed by atoms with van der Waals surface area (Å²) in [7, 11) is 1.31. The van der Waals surface area contributed by atoms with Crippen LogP contribution in [0.1, 0.15) is 40.5 Å². The van der Waals surface area contributed by atoms with Gasteiger partial charge in [0.2, 0.25) is 0 Å². The zero-order valence-electron chi connectivity index (χ0n) is 14.1. The van der Waals surface area contributed by atoms with Crippen molar-refractivity contribution >= 4 is 34.9 Å². The highest BCUT2D eigenvalue weighted by Crippen LogP contribution is 2.27. The summed E-state index contributed by atoms with van der Waals surface area (Å²) in [6.45, 7) is 2.68. The molecule has 0 fully saturated rings. The fourth-order valence-electron chi connectivity index (χ4n) is 2.13. The standard InChI is InChI=1S/C18H20ClN3O3/c1-3-4-7-21-17(23)13-8-14(11-20-10-13)22-16-9-12(18(24)25-2)5-6-15(16)19/h5-6,8-11,22H,3-4,7H2,1-2H3,(H,21,23). The van der Waals surface area contributed by atoms with Crippen LogP contribution in [0.3, 0.4) is 0 Å². The minimum absolute atomic E-state index is 0.181. The number of methoxy groups -OCH3 is 1. The maximum atomic E-state index is 12.1. The van der Waals surface area contributed by atoms with E-state index in [1.54, 1.807) is 30.5 Å². The minimum atomic E-state index is -0.457. The Hall–Kier alpha value is -2.60. The molecule has 0 bridgehead atoms. The van der Waals surface area contributed by atoms with Gasteiger partial charge in [0, 0.05) is 12.7 Å². The van der Waals surface area contributed by atoms with Gasteiger partial charge in [0.1, 0.15) is 0 Å². The first-order chi connectivity index (χ1) is 12.0. The zero-order chi connectivity index (χ0) is 18.2. The molecule has 0 aliphatic rings. The van der Waals surface area contributed by atoms with Gasteiger partial charge in [0.05, 0.1) is 40.8 Å². The van der Waals surface area contributed by atoms with Crippen molar-refractivity contribution in [3.63, 3.8) is 0 Å². The van der Waals surface area contributed by atoms with Gasteiger partial charge in [-0.05, 0) is 30.7 Å². The summed E-state index contributed by atoms with van der Waals surface area (Å²) in [5, 5.41) is 6.35. The molecule has 0 radical (unpaired) electrons. The number of anilines is 2. The van der Waals surface area contributed by atoms with Crippen molar-refractivity contribution in [2.24, 2.45) is 0 Å². The van der Waals surface area contributed by atoms with Gasteiger partial charge in [0.25, 0.3) is 5.91 Å². The Bertz CT molecular complexity index is 765. The molecular weight excluding hydrogens is 342 g/mol. The van der Waals surface area contributed by atoms with Gasteiger partial charge in [0.15, 0.2) is 0 Å². The van der Waals surface area contributed by atoms with Crippen LogP contribution in [0.25, 0.3) is 0 Å². The average Bonchev–Trinajstić information content (AvgIpc) is 2.63. The lowest BCUT2D eigenvalue weighted by atomic mass is 10.2. The molecule has 132 valence electrons. The number of nitrogens with one attached hydrogen (secondary N) is 2. The van der Waals surface area contributed by atoms with Crippen LogP contribution in [-0.2, 0) is 4.74 Å². The van der Waals surface area contributed by atoms with E-state index < -0.39 is 5.97 Å². The molecule has 0 saturated carbocycles. The van der Waals surface area contributed by atoms with E-state index in [4.69, 9.17) is 16.3 Å². The van der Waals surface area contributed by atoms with Gasteiger partial charge < -0.3 is 15.4 Å². The number of pyridine rings is 1. The molecule has 1 amide bonds. The monoisotopic (exact) mass is 361 g/mol. The second-order valence-electron chi connectivity index (χ2n) is 5.38. The Morgan fingerprint density at radius 3 is 2.72 bits per heavy atom. The van der Waals surface area contributed by atoms with Crippen molar-refractivity contribution < 1.29 is 14.3 Å². The predicted molar refractivity (Wildman–Crippen MR) is 97.6 cm³/mol. The Balaban J connectivity index is 2.17. The second-order valence-corrected chi connectivity index (χ2v) is 5.79. The average molecular weight is 362 g/mol. The fraction of sp³-hybridized carbons (Fsp3) is 0.278.